The molecule has 0 saturated carbocycles. The molecule has 2 aromatic carbocycles. The molecule has 11 heteroatoms. The summed E-state index contributed by atoms with van der Waals surface area (Å²) in [6.07, 6.45) is 2.14. The third kappa shape index (κ3) is 2.94. The van der Waals surface area contributed by atoms with Gasteiger partial charge < -0.3 is 20.8 Å². The fourth-order valence-corrected chi connectivity index (χ4v) is 4.45. The Morgan fingerprint density at radius 2 is 2.09 bits per heavy atom. The zero-order valence-electron chi connectivity index (χ0n) is 18.1. The minimum Gasteiger partial charge on any atom is -0.493 e. The first-order valence-electron chi connectivity index (χ1n) is 10.7. The lowest BCUT2D eigenvalue weighted by atomic mass is 10.0. The van der Waals surface area contributed by atoms with Gasteiger partial charge in [-0.25, -0.2) is 14.8 Å². The fraction of sp³-hybridized carbons (Fsp3) is 0.174. The maximum atomic E-state index is 13.2. The highest BCUT2D eigenvalue weighted by atomic mass is 16.5. The molecule has 34 heavy (non-hydrogen) atoms. The third-order valence-corrected chi connectivity index (χ3v) is 6.02. The van der Waals surface area contributed by atoms with E-state index in [1.807, 2.05) is 24.3 Å². The van der Waals surface area contributed by atoms with Crippen LogP contribution in [0.15, 0.2) is 53.6 Å². The number of amides is 1. The second kappa shape index (κ2) is 7.44. The van der Waals surface area contributed by atoms with E-state index >= 15 is 0 Å². The van der Waals surface area contributed by atoms with Crippen LogP contribution in [0, 0.1) is 0 Å². The Balaban J connectivity index is 1.64. The maximum Gasteiger partial charge on any atom is 0.328 e. The Labute approximate surface area is 192 Å². The van der Waals surface area contributed by atoms with E-state index in [-0.39, 0.29) is 28.9 Å². The average Bonchev–Trinajstić information content (AvgIpc) is 3.42. The van der Waals surface area contributed by atoms with E-state index in [1.165, 1.54) is 7.05 Å². The van der Waals surface area contributed by atoms with Crippen molar-refractivity contribution < 1.29 is 9.53 Å². The predicted octanol–water partition coefficient (Wildman–Crippen LogP) is 1.77. The van der Waals surface area contributed by atoms with Crippen molar-refractivity contribution in [1.29, 1.82) is 0 Å². The lowest BCUT2D eigenvalue weighted by Gasteiger charge is -2.26. The van der Waals surface area contributed by atoms with Crippen LogP contribution in [0.25, 0.3) is 28.1 Å². The number of ether oxygens (including phenoxy) is 1. The molecule has 1 unspecified atom stereocenters. The van der Waals surface area contributed by atoms with E-state index in [2.05, 4.69) is 20.3 Å². The number of anilines is 1. The molecule has 1 amide bonds. The summed E-state index contributed by atoms with van der Waals surface area (Å²) in [7, 11) is 1.51. The van der Waals surface area contributed by atoms with Crippen molar-refractivity contribution in [3.8, 4) is 11.7 Å². The highest BCUT2D eigenvalue weighted by Gasteiger charge is 2.29. The summed E-state index contributed by atoms with van der Waals surface area (Å²) in [6.45, 7) is 0.451. The van der Waals surface area contributed by atoms with Crippen LogP contribution in [0.5, 0.6) is 5.75 Å². The molecular weight excluding hydrogens is 436 g/mol. The van der Waals surface area contributed by atoms with Gasteiger partial charge >= 0.3 is 5.69 Å². The Morgan fingerprint density at radius 1 is 1.24 bits per heavy atom. The average molecular weight is 456 g/mol. The summed E-state index contributed by atoms with van der Waals surface area (Å²) >= 11 is 0. The number of nitrogens with zero attached hydrogens (tertiary/aromatic N) is 5. The first kappa shape index (κ1) is 20.0. The van der Waals surface area contributed by atoms with Gasteiger partial charge in [0.15, 0.2) is 11.3 Å². The van der Waals surface area contributed by atoms with E-state index in [1.54, 1.807) is 33.7 Å². The molecule has 0 saturated heterocycles. The third-order valence-electron chi connectivity index (χ3n) is 6.02. The van der Waals surface area contributed by atoms with Crippen LogP contribution in [-0.2, 0) is 0 Å². The summed E-state index contributed by atoms with van der Waals surface area (Å²) in [5.41, 5.74) is 9.06. The van der Waals surface area contributed by atoms with E-state index in [0.29, 0.717) is 35.4 Å². The molecule has 6 rings (SSSR count). The van der Waals surface area contributed by atoms with Crippen LogP contribution in [0.3, 0.4) is 0 Å². The normalized spacial score (nSPS) is 15.3. The predicted molar refractivity (Wildman–Crippen MR) is 125 cm³/mol. The number of fused-ring (bicyclic) bond motifs is 3. The van der Waals surface area contributed by atoms with Crippen molar-refractivity contribution in [2.24, 2.45) is 0 Å². The van der Waals surface area contributed by atoms with Gasteiger partial charge in [-0.1, -0.05) is 18.2 Å². The Hall–Kier alpha value is -4.67. The summed E-state index contributed by atoms with van der Waals surface area (Å²) in [6, 6.07) is 12.6. The smallest absolute Gasteiger partial charge is 0.328 e. The molecule has 5 aromatic rings. The number of aromatic amines is 1. The largest absolute Gasteiger partial charge is 0.493 e. The number of nitrogens with two attached hydrogens (primary N) is 1. The van der Waals surface area contributed by atoms with Crippen LogP contribution < -0.4 is 21.5 Å². The highest BCUT2D eigenvalue weighted by molar-refractivity contribution is 6.02. The van der Waals surface area contributed by atoms with Crippen molar-refractivity contribution in [2.45, 2.75) is 12.5 Å². The molecule has 0 radical (unpaired) electrons. The lowest BCUT2D eigenvalue weighted by molar-refractivity contribution is 0.0959. The van der Waals surface area contributed by atoms with Gasteiger partial charge in [-0.05, 0) is 24.3 Å². The van der Waals surface area contributed by atoms with E-state index in [9.17, 15) is 9.59 Å². The molecule has 3 aromatic heterocycles. The van der Waals surface area contributed by atoms with Crippen LogP contribution in [0.2, 0.25) is 0 Å². The second-order valence-electron chi connectivity index (χ2n) is 8.00. The highest BCUT2D eigenvalue weighted by Crippen LogP contribution is 2.35. The summed E-state index contributed by atoms with van der Waals surface area (Å²) < 4.78 is 9.00. The van der Waals surface area contributed by atoms with Gasteiger partial charge in [0.1, 0.15) is 17.6 Å². The number of imidazole rings is 2. The number of carbonyl (C=O) groups is 1. The molecule has 1 aliphatic heterocycles. The van der Waals surface area contributed by atoms with Gasteiger partial charge in [-0.3, -0.25) is 13.9 Å². The summed E-state index contributed by atoms with van der Waals surface area (Å²) in [4.78, 5) is 42.4. The summed E-state index contributed by atoms with van der Waals surface area (Å²) in [5.74, 6) is 0.475. The number of aromatic nitrogens is 6. The zero-order chi connectivity index (χ0) is 23.4. The van der Waals surface area contributed by atoms with Crippen molar-refractivity contribution in [1.82, 2.24) is 34.4 Å². The molecule has 0 fully saturated rings. The van der Waals surface area contributed by atoms with Gasteiger partial charge in [0, 0.05) is 24.7 Å². The minimum atomic E-state index is -0.446. The number of H-pyrrole nitrogens is 1. The summed E-state index contributed by atoms with van der Waals surface area (Å²) in [5, 5.41) is 2.59. The van der Waals surface area contributed by atoms with E-state index in [0.717, 1.165) is 11.3 Å². The van der Waals surface area contributed by atoms with Crippen molar-refractivity contribution in [3.63, 3.8) is 0 Å². The number of nitrogen functional groups attached to an aromatic ring is 1. The van der Waals surface area contributed by atoms with Gasteiger partial charge in [0.05, 0.1) is 23.7 Å². The van der Waals surface area contributed by atoms with Crippen LogP contribution >= 0.6 is 0 Å². The molecule has 0 aliphatic carbocycles. The molecular formula is C23H20N8O3. The number of para-hydroxylation sites is 1. The Kier molecular flexibility index (Phi) is 4.37. The van der Waals surface area contributed by atoms with Crippen molar-refractivity contribution in [2.75, 3.05) is 19.4 Å². The molecule has 170 valence electrons. The number of nitrogens with one attached hydrogen (secondary N) is 2. The second-order valence-corrected chi connectivity index (χ2v) is 8.00. The maximum absolute atomic E-state index is 13.2. The Bertz CT molecular complexity index is 1650. The fourth-order valence-electron chi connectivity index (χ4n) is 4.45. The molecule has 4 N–H and O–H groups in total. The lowest BCUT2D eigenvalue weighted by Crippen LogP contribution is -2.28. The van der Waals surface area contributed by atoms with E-state index < -0.39 is 5.91 Å². The first-order valence-corrected chi connectivity index (χ1v) is 10.7. The monoisotopic (exact) mass is 456 g/mol. The number of carbonyl (C=O) groups excluding carboxylic acids is 1. The molecule has 0 bridgehead atoms. The molecule has 4 heterocycles. The molecule has 1 aliphatic rings. The molecule has 11 nitrogen and oxygen atoms in total. The van der Waals surface area contributed by atoms with Crippen molar-refractivity contribution in [3.05, 3.63) is 70.5 Å². The van der Waals surface area contributed by atoms with E-state index in [4.69, 9.17) is 15.5 Å². The number of hydrogen-bond donors (Lipinski definition) is 3. The quantitative estimate of drug-likeness (QED) is 0.351. The number of benzene rings is 2. The zero-order valence-corrected chi connectivity index (χ0v) is 18.1. The SMILES string of the molecule is CNC(=O)c1nc(-n2cnc3ccc(N)cc32)nc2c1[nH]c(=O)n2C1CCOc2ccccc21. The van der Waals surface area contributed by atoms with Crippen LogP contribution in [0.4, 0.5) is 5.69 Å². The van der Waals surface area contributed by atoms with Gasteiger partial charge in [-0.15, -0.1) is 0 Å². The topological polar surface area (TPSA) is 146 Å². The Morgan fingerprint density at radius 3 is 2.94 bits per heavy atom. The minimum absolute atomic E-state index is 0.0597. The first-order chi connectivity index (χ1) is 16.5. The van der Waals surface area contributed by atoms with Gasteiger partial charge in [0.25, 0.3) is 5.91 Å². The molecule has 1 atom stereocenters. The van der Waals surface area contributed by atoms with Crippen molar-refractivity contribution >= 4 is 33.8 Å². The van der Waals surface area contributed by atoms with Gasteiger partial charge in [-0.2, -0.15) is 4.98 Å². The molecule has 0 spiro atoms. The standard InChI is InChI=1S/C23H20N8O3/c1-25-21(32)19-18-20(29-22(27-19)30-11-26-14-7-6-12(24)10-16(14)30)31(23(33)28-18)15-8-9-34-17-5-3-2-4-13(15)17/h2-7,10-11,15H,8-9,24H2,1H3,(H,25,32)(H,28,33). The number of hydrogen-bond acceptors (Lipinski definition) is 7. The van der Waals surface area contributed by atoms with Crippen LogP contribution in [-0.4, -0.2) is 48.6 Å². The van der Waals surface area contributed by atoms with Crippen LogP contribution in [0.1, 0.15) is 28.5 Å². The van der Waals surface area contributed by atoms with Gasteiger partial charge in [0.2, 0.25) is 5.95 Å². The number of rotatable bonds is 3.